The molecule has 10 heavy (non-hydrogen) atoms. The van der Waals surface area contributed by atoms with E-state index in [1.54, 1.807) is 11.7 Å². The van der Waals surface area contributed by atoms with Crippen molar-refractivity contribution in [3.8, 4) is 0 Å². The Hall–Kier alpha value is -0.280. The second-order valence-corrected chi connectivity index (χ2v) is 2.37. The molecule has 1 aromatic heterocycles. The van der Waals surface area contributed by atoms with Crippen LogP contribution in [-0.2, 0) is 18.8 Å². The van der Waals surface area contributed by atoms with Gasteiger partial charge in [0.1, 0.15) is 5.82 Å². The molecule has 1 rings (SSSR count). The SMILES string of the molecule is Cn1nc(CCl)nc1CCl. The third-order valence-corrected chi connectivity index (χ3v) is 1.61. The van der Waals surface area contributed by atoms with Crippen LogP contribution in [0.1, 0.15) is 11.6 Å². The Bertz CT molecular complexity index is 221. The molecule has 0 aliphatic carbocycles. The van der Waals surface area contributed by atoms with Crippen molar-refractivity contribution in [1.29, 1.82) is 0 Å². The minimum absolute atomic E-state index is 0.338. The van der Waals surface area contributed by atoms with Crippen LogP contribution in [0.15, 0.2) is 0 Å². The average molecular weight is 180 g/mol. The van der Waals surface area contributed by atoms with Crippen LogP contribution in [0.4, 0.5) is 0 Å². The summed E-state index contributed by atoms with van der Waals surface area (Å²) in [5, 5.41) is 3.99. The summed E-state index contributed by atoms with van der Waals surface area (Å²) >= 11 is 11.0. The summed E-state index contributed by atoms with van der Waals surface area (Å²) in [4.78, 5) is 4.03. The number of hydrogen-bond donors (Lipinski definition) is 0. The maximum Gasteiger partial charge on any atom is 0.165 e. The van der Waals surface area contributed by atoms with Gasteiger partial charge in [0, 0.05) is 7.05 Å². The number of aromatic nitrogens is 3. The minimum atomic E-state index is 0.338. The highest BCUT2D eigenvalue weighted by molar-refractivity contribution is 6.17. The summed E-state index contributed by atoms with van der Waals surface area (Å²) in [5.74, 6) is 2.09. The molecule has 0 atom stereocenters. The smallest absolute Gasteiger partial charge is 0.165 e. The van der Waals surface area contributed by atoms with Gasteiger partial charge in [0.2, 0.25) is 0 Å². The average Bonchev–Trinajstić information content (AvgIpc) is 2.30. The second-order valence-electron chi connectivity index (χ2n) is 1.84. The number of alkyl halides is 2. The fourth-order valence-corrected chi connectivity index (χ4v) is 0.993. The summed E-state index contributed by atoms with van der Waals surface area (Å²) in [6.07, 6.45) is 0. The highest BCUT2D eigenvalue weighted by Gasteiger charge is 2.02. The molecule has 0 aliphatic rings. The first-order chi connectivity index (χ1) is 4.77. The molecule has 0 N–H and O–H groups in total. The molecule has 0 saturated carbocycles. The third-order valence-electron chi connectivity index (χ3n) is 1.14. The molecule has 0 saturated heterocycles. The van der Waals surface area contributed by atoms with Gasteiger partial charge < -0.3 is 0 Å². The molecule has 5 heteroatoms. The van der Waals surface area contributed by atoms with E-state index in [2.05, 4.69) is 10.1 Å². The monoisotopic (exact) mass is 179 g/mol. The van der Waals surface area contributed by atoms with E-state index in [1.807, 2.05) is 0 Å². The van der Waals surface area contributed by atoms with E-state index < -0.39 is 0 Å². The van der Waals surface area contributed by atoms with Gasteiger partial charge in [-0.1, -0.05) is 0 Å². The van der Waals surface area contributed by atoms with E-state index in [0.717, 1.165) is 5.82 Å². The Morgan fingerprint density at radius 1 is 1.40 bits per heavy atom. The van der Waals surface area contributed by atoms with Crippen molar-refractivity contribution in [2.75, 3.05) is 0 Å². The van der Waals surface area contributed by atoms with Crippen molar-refractivity contribution < 1.29 is 0 Å². The molecule has 56 valence electrons. The van der Waals surface area contributed by atoms with Crippen LogP contribution in [0, 0.1) is 0 Å². The molecule has 0 bridgehead atoms. The summed E-state index contributed by atoms with van der Waals surface area (Å²) < 4.78 is 1.63. The van der Waals surface area contributed by atoms with Crippen molar-refractivity contribution in [3.05, 3.63) is 11.6 Å². The molecule has 0 spiro atoms. The van der Waals surface area contributed by atoms with Crippen molar-refractivity contribution in [1.82, 2.24) is 14.8 Å². The fraction of sp³-hybridized carbons (Fsp3) is 0.600. The van der Waals surface area contributed by atoms with Gasteiger partial charge in [0.25, 0.3) is 0 Å². The van der Waals surface area contributed by atoms with Crippen molar-refractivity contribution in [2.45, 2.75) is 11.8 Å². The largest absolute Gasteiger partial charge is 0.252 e. The van der Waals surface area contributed by atoms with E-state index in [1.165, 1.54) is 0 Å². The van der Waals surface area contributed by atoms with Gasteiger partial charge in [0.05, 0.1) is 11.8 Å². The Labute approximate surface area is 69.0 Å². The second kappa shape index (κ2) is 3.21. The normalized spacial score (nSPS) is 10.3. The third kappa shape index (κ3) is 1.41. The minimum Gasteiger partial charge on any atom is -0.252 e. The Kier molecular flexibility index (Phi) is 2.51. The standard InChI is InChI=1S/C5H7Cl2N3/c1-10-5(3-7)8-4(2-6)9-10/h2-3H2,1H3. The summed E-state index contributed by atoms with van der Waals surface area (Å²) in [6, 6.07) is 0. The molecule has 0 aliphatic heterocycles. The Balaban J connectivity index is 2.92. The first kappa shape index (κ1) is 7.82. The topological polar surface area (TPSA) is 30.7 Å². The molecule has 0 aromatic carbocycles. The number of nitrogens with zero attached hydrogens (tertiary/aromatic N) is 3. The van der Waals surface area contributed by atoms with Gasteiger partial charge >= 0.3 is 0 Å². The van der Waals surface area contributed by atoms with E-state index in [9.17, 15) is 0 Å². The zero-order valence-electron chi connectivity index (χ0n) is 5.51. The molecule has 0 radical (unpaired) electrons. The lowest BCUT2D eigenvalue weighted by Crippen LogP contribution is -1.95. The lowest BCUT2D eigenvalue weighted by molar-refractivity contribution is 0.722. The van der Waals surface area contributed by atoms with Gasteiger partial charge in [0.15, 0.2) is 5.82 Å². The number of hydrogen-bond acceptors (Lipinski definition) is 2. The van der Waals surface area contributed by atoms with Crippen molar-refractivity contribution >= 4 is 23.2 Å². The first-order valence-electron chi connectivity index (χ1n) is 2.78. The molecule has 0 amide bonds. The van der Waals surface area contributed by atoms with Crippen molar-refractivity contribution in [2.24, 2.45) is 7.05 Å². The molecular weight excluding hydrogens is 173 g/mol. The summed E-state index contributed by atoms with van der Waals surface area (Å²) in [5.41, 5.74) is 0. The maximum atomic E-state index is 5.54. The van der Waals surface area contributed by atoms with Gasteiger partial charge in [-0.05, 0) is 0 Å². The number of halogens is 2. The zero-order chi connectivity index (χ0) is 7.56. The molecule has 1 heterocycles. The predicted octanol–water partition coefficient (Wildman–Crippen LogP) is 1.29. The molecule has 0 unspecified atom stereocenters. The summed E-state index contributed by atoms with van der Waals surface area (Å²) in [7, 11) is 1.79. The van der Waals surface area contributed by atoms with Crippen LogP contribution in [-0.4, -0.2) is 14.8 Å². The van der Waals surface area contributed by atoms with Crippen LogP contribution in [0.2, 0.25) is 0 Å². The lowest BCUT2D eigenvalue weighted by Gasteiger charge is -1.89. The van der Waals surface area contributed by atoms with Crippen LogP contribution in [0.5, 0.6) is 0 Å². The van der Waals surface area contributed by atoms with Crippen LogP contribution < -0.4 is 0 Å². The van der Waals surface area contributed by atoms with Crippen LogP contribution in [0.3, 0.4) is 0 Å². The van der Waals surface area contributed by atoms with E-state index >= 15 is 0 Å². The highest BCUT2D eigenvalue weighted by atomic mass is 35.5. The number of rotatable bonds is 2. The number of aryl methyl sites for hydroxylation is 1. The maximum absolute atomic E-state index is 5.54. The molecule has 3 nitrogen and oxygen atoms in total. The van der Waals surface area contributed by atoms with E-state index in [0.29, 0.717) is 17.6 Å². The van der Waals surface area contributed by atoms with Gasteiger partial charge in [-0.2, -0.15) is 5.10 Å². The fourth-order valence-electron chi connectivity index (χ4n) is 0.648. The van der Waals surface area contributed by atoms with Gasteiger partial charge in [-0.25, -0.2) is 4.98 Å². The molecule has 1 aromatic rings. The zero-order valence-corrected chi connectivity index (χ0v) is 7.02. The van der Waals surface area contributed by atoms with Crippen molar-refractivity contribution in [3.63, 3.8) is 0 Å². The van der Waals surface area contributed by atoms with Gasteiger partial charge in [-0.15, -0.1) is 23.2 Å². The lowest BCUT2D eigenvalue weighted by atomic mass is 10.7. The van der Waals surface area contributed by atoms with E-state index in [4.69, 9.17) is 23.2 Å². The Morgan fingerprint density at radius 3 is 2.40 bits per heavy atom. The van der Waals surface area contributed by atoms with Crippen LogP contribution >= 0.6 is 23.2 Å². The summed E-state index contributed by atoms with van der Waals surface area (Å²) in [6.45, 7) is 0. The highest BCUT2D eigenvalue weighted by Crippen LogP contribution is 2.01. The predicted molar refractivity (Wildman–Crippen MR) is 40.1 cm³/mol. The van der Waals surface area contributed by atoms with Gasteiger partial charge in [-0.3, -0.25) is 4.68 Å². The first-order valence-corrected chi connectivity index (χ1v) is 3.85. The molecule has 0 fully saturated rings. The Morgan fingerprint density at radius 2 is 2.10 bits per heavy atom. The molecular formula is C5H7Cl2N3. The van der Waals surface area contributed by atoms with E-state index in [-0.39, 0.29) is 0 Å². The van der Waals surface area contributed by atoms with Crippen LogP contribution in [0.25, 0.3) is 0 Å². The quantitative estimate of drug-likeness (QED) is 0.642.